The zero-order valence-electron chi connectivity index (χ0n) is 13.7. The van der Waals surface area contributed by atoms with E-state index in [-0.39, 0.29) is 11.0 Å². The van der Waals surface area contributed by atoms with Crippen molar-refractivity contribution in [1.82, 2.24) is 0 Å². The van der Waals surface area contributed by atoms with Crippen molar-refractivity contribution in [2.45, 2.75) is 51.2 Å². The Morgan fingerprint density at radius 2 is 1.90 bits per heavy atom. The van der Waals surface area contributed by atoms with E-state index in [1.165, 1.54) is 0 Å². The highest BCUT2D eigenvalue weighted by molar-refractivity contribution is 9.08. The molecule has 0 aliphatic heterocycles. The van der Waals surface area contributed by atoms with Crippen molar-refractivity contribution < 1.29 is 14.0 Å². The smallest absolute Gasteiger partial charge is 0.342 e. The first-order valence-corrected chi connectivity index (χ1v) is 11.2. The average molecular weight is 373 g/mol. The number of carbonyl (C=O) groups excluding carboxylic acids is 1. The van der Waals surface area contributed by atoms with E-state index >= 15 is 0 Å². The van der Waals surface area contributed by atoms with Crippen molar-refractivity contribution in [2.24, 2.45) is 0 Å². The quantitative estimate of drug-likeness (QED) is 0.407. The highest BCUT2D eigenvalue weighted by atomic mass is 79.9. The molecule has 0 heterocycles. The van der Waals surface area contributed by atoms with Gasteiger partial charge in [-0.1, -0.05) is 48.8 Å². The van der Waals surface area contributed by atoms with Crippen molar-refractivity contribution in [3.63, 3.8) is 0 Å². The Kier molecular flexibility index (Phi) is 6.05. The van der Waals surface area contributed by atoms with Crippen LogP contribution in [0.25, 0.3) is 0 Å². The van der Waals surface area contributed by atoms with Gasteiger partial charge in [0.15, 0.2) is 0 Å². The molecule has 0 bridgehead atoms. The molecule has 0 radical (unpaired) electrons. The fourth-order valence-electron chi connectivity index (χ4n) is 1.64. The molecule has 0 saturated heterocycles. The number of rotatable bonds is 5. The van der Waals surface area contributed by atoms with E-state index < -0.39 is 8.32 Å². The van der Waals surface area contributed by atoms with Gasteiger partial charge < -0.3 is 9.16 Å². The van der Waals surface area contributed by atoms with Crippen LogP contribution < -0.4 is 4.43 Å². The van der Waals surface area contributed by atoms with Crippen LogP contribution in [0.3, 0.4) is 0 Å². The van der Waals surface area contributed by atoms with Crippen molar-refractivity contribution in [2.75, 3.05) is 6.61 Å². The van der Waals surface area contributed by atoms with Crippen molar-refractivity contribution in [3.05, 3.63) is 29.3 Å². The maximum atomic E-state index is 12.3. The van der Waals surface area contributed by atoms with Crippen LogP contribution >= 0.6 is 15.9 Å². The highest BCUT2D eigenvalue weighted by Gasteiger charge is 2.40. The molecule has 0 spiro atoms. The third-order valence-electron chi connectivity index (χ3n) is 3.91. The number of halogens is 1. The van der Waals surface area contributed by atoms with Crippen LogP contribution in [0.5, 0.6) is 5.75 Å². The molecule has 0 aromatic heterocycles. The van der Waals surface area contributed by atoms with Gasteiger partial charge in [0.05, 0.1) is 6.61 Å². The lowest BCUT2D eigenvalue weighted by molar-refractivity contribution is 0.0523. The number of carbonyl (C=O) groups is 1. The average Bonchev–Trinajstić information content (AvgIpc) is 2.36. The van der Waals surface area contributed by atoms with E-state index in [9.17, 15) is 4.79 Å². The number of hydrogen-bond acceptors (Lipinski definition) is 3. The summed E-state index contributed by atoms with van der Waals surface area (Å²) >= 11 is 3.43. The number of hydrogen-bond donors (Lipinski definition) is 0. The molecule has 0 atom stereocenters. The molecule has 3 nitrogen and oxygen atoms in total. The molecule has 0 aliphatic rings. The van der Waals surface area contributed by atoms with Gasteiger partial charge in [-0.25, -0.2) is 4.79 Å². The van der Waals surface area contributed by atoms with Crippen LogP contribution in [-0.2, 0) is 10.1 Å². The Balaban J connectivity index is 3.27. The van der Waals surface area contributed by atoms with Crippen LogP contribution in [-0.4, -0.2) is 20.9 Å². The van der Waals surface area contributed by atoms with E-state index in [0.717, 1.165) is 5.56 Å². The summed E-state index contributed by atoms with van der Waals surface area (Å²) in [4.78, 5) is 12.3. The molecule has 5 heteroatoms. The third kappa shape index (κ3) is 4.33. The van der Waals surface area contributed by atoms with E-state index in [1.807, 2.05) is 25.1 Å². The Morgan fingerprint density at radius 3 is 2.38 bits per heavy atom. The van der Waals surface area contributed by atoms with Gasteiger partial charge in [0.25, 0.3) is 8.32 Å². The fourth-order valence-corrected chi connectivity index (χ4v) is 3.13. The van der Waals surface area contributed by atoms with Gasteiger partial charge in [-0.3, -0.25) is 0 Å². The molecule has 1 rings (SSSR count). The van der Waals surface area contributed by atoms with Gasteiger partial charge in [0.2, 0.25) is 0 Å². The minimum absolute atomic E-state index is 0.0728. The summed E-state index contributed by atoms with van der Waals surface area (Å²) in [7, 11) is -2.00. The maximum Gasteiger partial charge on any atom is 0.342 e. The molecular weight excluding hydrogens is 348 g/mol. The lowest BCUT2D eigenvalue weighted by Gasteiger charge is -2.37. The minimum Gasteiger partial charge on any atom is -0.543 e. The summed E-state index contributed by atoms with van der Waals surface area (Å²) in [6, 6.07) is 5.69. The first-order valence-electron chi connectivity index (χ1n) is 7.18. The lowest BCUT2D eigenvalue weighted by atomic mass is 10.1. The fraction of sp³-hybridized carbons (Fsp3) is 0.562. The van der Waals surface area contributed by atoms with Gasteiger partial charge in [0, 0.05) is 5.33 Å². The molecular formula is C16H25BrO3Si. The zero-order chi connectivity index (χ0) is 16.3. The molecule has 0 aliphatic carbocycles. The summed E-state index contributed by atoms with van der Waals surface area (Å²) in [5, 5.41) is 0.666. The summed E-state index contributed by atoms with van der Waals surface area (Å²) in [5.41, 5.74) is 1.44. The molecule has 21 heavy (non-hydrogen) atoms. The molecule has 1 aromatic carbocycles. The molecule has 118 valence electrons. The van der Waals surface area contributed by atoms with E-state index in [1.54, 1.807) is 0 Å². The van der Waals surface area contributed by atoms with Gasteiger partial charge >= 0.3 is 5.97 Å². The van der Waals surface area contributed by atoms with Crippen LogP contribution in [0.1, 0.15) is 43.6 Å². The Hall–Kier alpha value is -0.813. The topological polar surface area (TPSA) is 35.5 Å². The lowest BCUT2D eigenvalue weighted by Crippen LogP contribution is -2.44. The summed E-state index contributed by atoms with van der Waals surface area (Å²) < 4.78 is 11.5. The number of benzene rings is 1. The second kappa shape index (κ2) is 6.96. The summed E-state index contributed by atoms with van der Waals surface area (Å²) in [6.45, 7) is 13.0. The monoisotopic (exact) mass is 372 g/mol. The van der Waals surface area contributed by atoms with Gasteiger partial charge in [-0.05, 0) is 36.7 Å². The molecule has 0 unspecified atom stereocenters. The molecule has 1 aromatic rings. The van der Waals surface area contributed by atoms with Crippen LogP contribution in [0.15, 0.2) is 18.2 Å². The molecule has 0 fully saturated rings. The molecule has 0 N–H and O–H groups in total. The van der Waals surface area contributed by atoms with E-state index in [2.05, 4.69) is 49.8 Å². The number of esters is 1. The molecule has 0 saturated carbocycles. The number of ether oxygens (including phenoxy) is 1. The Morgan fingerprint density at radius 1 is 1.29 bits per heavy atom. The SMILES string of the molecule is CCOC(=O)c1c(CBr)cccc1O[Si](C)(C)C(C)(C)C. The highest BCUT2D eigenvalue weighted by Crippen LogP contribution is 2.39. The first-order chi connectivity index (χ1) is 9.64. The Bertz CT molecular complexity index is 507. The predicted octanol–water partition coefficient (Wildman–Crippen LogP) is 5.14. The van der Waals surface area contributed by atoms with Gasteiger partial charge in [0.1, 0.15) is 11.3 Å². The second-order valence-corrected chi connectivity index (χ2v) is 11.8. The summed E-state index contributed by atoms with van der Waals surface area (Å²) in [5.74, 6) is 0.318. The summed E-state index contributed by atoms with van der Waals surface area (Å²) in [6.07, 6.45) is 0. The zero-order valence-corrected chi connectivity index (χ0v) is 16.3. The van der Waals surface area contributed by atoms with Crippen molar-refractivity contribution >= 4 is 30.2 Å². The normalized spacial score (nSPS) is 12.1. The van der Waals surface area contributed by atoms with E-state index in [0.29, 0.717) is 23.2 Å². The standard InChI is InChI=1S/C16H25BrO3Si/c1-7-19-15(18)14-12(11-17)9-8-10-13(14)20-21(5,6)16(2,3)4/h8-10H,7,11H2,1-6H3. The van der Waals surface area contributed by atoms with Gasteiger partial charge in [-0.2, -0.15) is 0 Å². The largest absolute Gasteiger partial charge is 0.543 e. The molecule has 0 amide bonds. The predicted molar refractivity (Wildman–Crippen MR) is 92.9 cm³/mol. The van der Waals surface area contributed by atoms with Crippen LogP contribution in [0, 0.1) is 0 Å². The Labute approximate surface area is 137 Å². The van der Waals surface area contributed by atoms with Crippen LogP contribution in [0.4, 0.5) is 0 Å². The van der Waals surface area contributed by atoms with Crippen LogP contribution in [0.2, 0.25) is 18.1 Å². The maximum absolute atomic E-state index is 12.3. The van der Waals surface area contributed by atoms with Crippen molar-refractivity contribution in [3.8, 4) is 5.75 Å². The first kappa shape index (κ1) is 18.2. The van der Waals surface area contributed by atoms with Gasteiger partial charge in [-0.15, -0.1) is 0 Å². The number of alkyl halides is 1. The third-order valence-corrected chi connectivity index (χ3v) is 8.85. The minimum atomic E-state index is -2.00. The van der Waals surface area contributed by atoms with Crippen molar-refractivity contribution in [1.29, 1.82) is 0 Å². The van der Waals surface area contributed by atoms with E-state index in [4.69, 9.17) is 9.16 Å². The second-order valence-electron chi connectivity index (χ2n) is 6.51.